The lowest BCUT2D eigenvalue weighted by molar-refractivity contribution is 0.136. The summed E-state index contributed by atoms with van der Waals surface area (Å²) < 4.78 is 3.21. The Bertz CT molecular complexity index is 585. The summed E-state index contributed by atoms with van der Waals surface area (Å²) in [6, 6.07) is 10.5. The first-order chi connectivity index (χ1) is 8.77. The van der Waals surface area contributed by atoms with Crippen LogP contribution in [0.1, 0.15) is 32.6 Å². The molecule has 1 saturated carbocycles. The molecule has 94 valence electrons. The van der Waals surface area contributed by atoms with Gasteiger partial charge in [0.25, 0.3) is 0 Å². The van der Waals surface area contributed by atoms with Crippen molar-refractivity contribution < 1.29 is 0 Å². The molecule has 1 aromatic carbocycles. The van der Waals surface area contributed by atoms with Crippen LogP contribution in [0.15, 0.2) is 36.5 Å². The standard InChI is InChI=1S/C15H18N2S/c1-2-15(9-6-10-15)17-13(11-16-14(17)18)12-7-4-3-5-8-12/h3-5,7-8,11H,2,6,9-10H2,1H3,(H,16,18). The molecular weight excluding hydrogens is 240 g/mol. The maximum atomic E-state index is 5.49. The number of imidazole rings is 1. The molecule has 18 heavy (non-hydrogen) atoms. The maximum absolute atomic E-state index is 5.49. The van der Waals surface area contributed by atoms with Crippen LogP contribution in [-0.4, -0.2) is 9.55 Å². The van der Waals surface area contributed by atoms with E-state index in [4.69, 9.17) is 12.2 Å². The Labute approximate surface area is 113 Å². The molecule has 0 atom stereocenters. The number of H-pyrrole nitrogens is 1. The van der Waals surface area contributed by atoms with Gasteiger partial charge in [0.2, 0.25) is 0 Å². The molecule has 0 radical (unpaired) electrons. The second-order valence-corrected chi connectivity index (χ2v) is 5.50. The van der Waals surface area contributed by atoms with E-state index in [2.05, 4.69) is 40.7 Å². The highest BCUT2D eigenvalue weighted by molar-refractivity contribution is 7.71. The third-order valence-corrected chi connectivity index (χ3v) is 4.56. The SMILES string of the molecule is CCC1(n2c(-c3ccccc3)c[nH]c2=S)CCC1. The molecule has 1 N–H and O–H groups in total. The fourth-order valence-electron chi connectivity index (χ4n) is 2.98. The minimum atomic E-state index is 0.252. The van der Waals surface area contributed by atoms with Crippen molar-refractivity contribution in [1.29, 1.82) is 0 Å². The predicted octanol–water partition coefficient (Wildman–Crippen LogP) is 4.50. The second-order valence-electron chi connectivity index (χ2n) is 5.11. The van der Waals surface area contributed by atoms with E-state index >= 15 is 0 Å². The Balaban J connectivity index is 2.16. The molecule has 0 aliphatic heterocycles. The van der Waals surface area contributed by atoms with Gasteiger partial charge in [-0.2, -0.15) is 0 Å². The highest BCUT2D eigenvalue weighted by atomic mass is 32.1. The molecule has 0 saturated heterocycles. The number of nitrogens with zero attached hydrogens (tertiary/aromatic N) is 1. The lowest BCUT2D eigenvalue weighted by Crippen LogP contribution is -2.40. The first-order valence-electron chi connectivity index (χ1n) is 6.63. The number of rotatable bonds is 3. The van der Waals surface area contributed by atoms with Crippen LogP contribution < -0.4 is 0 Å². The van der Waals surface area contributed by atoms with Gasteiger partial charge in [0.1, 0.15) is 0 Å². The maximum Gasteiger partial charge on any atom is 0.178 e. The number of aromatic nitrogens is 2. The van der Waals surface area contributed by atoms with Crippen molar-refractivity contribution in [2.75, 3.05) is 0 Å². The number of aromatic amines is 1. The fraction of sp³-hybridized carbons (Fsp3) is 0.400. The number of hydrogen-bond acceptors (Lipinski definition) is 1. The molecule has 1 heterocycles. The Morgan fingerprint density at radius 2 is 2.00 bits per heavy atom. The summed E-state index contributed by atoms with van der Waals surface area (Å²) in [6.07, 6.45) is 7.01. The van der Waals surface area contributed by atoms with E-state index in [1.54, 1.807) is 0 Å². The zero-order valence-corrected chi connectivity index (χ0v) is 11.5. The smallest absolute Gasteiger partial charge is 0.178 e. The summed E-state index contributed by atoms with van der Waals surface area (Å²) in [5.74, 6) is 0. The van der Waals surface area contributed by atoms with Crippen LogP contribution in [-0.2, 0) is 5.54 Å². The van der Waals surface area contributed by atoms with E-state index in [0.29, 0.717) is 0 Å². The molecule has 3 heteroatoms. The molecule has 1 fully saturated rings. The molecule has 0 unspecified atom stereocenters. The van der Waals surface area contributed by atoms with E-state index in [-0.39, 0.29) is 5.54 Å². The van der Waals surface area contributed by atoms with Crippen LogP contribution >= 0.6 is 12.2 Å². The molecule has 2 aromatic rings. The van der Waals surface area contributed by atoms with Crippen molar-refractivity contribution in [2.45, 2.75) is 38.1 Å². The number of nitrogens with one attached hydrogen (secondary N) is 1. The summed E-state index contributed by atoms with van der Waals surface area (Å²) in [5.41, 5.74) is 2.72. The number of benzene rings is 1. The van der Waals surface area contributed by atoms with E-state index < -0.39 is 0 Å². The van der Waals surface area contributed by atoms with Gasteiger partial charge in [-0.1, -0.05) is 37.3 Å². The van der Waals surface area contributed by atoms with Crippen molar-refractivity contribution >= 4 is 12.2 Å². The molecular formula is C15H18N2S. The lowest BCUT2D eigenvalue weighted by Gasteiger charge is -2.43. The highest BCUT2D eigenvalue weighted by Gasteiger charge is 2.38. The van der Waals surface area contributed by atoms with Gasteiger partial charge in [-0.05, 0) is 43.5 Å². The highest BCUT2D eigenvalue weighted by Crippen LogP contribution is 2.44. The fourth-order valence-corrected chi connectivity index (χ4v) is 3.33. The molecule has 0 bridgehead atoms. The van der Waals surface area contributed by atoms with Gasteiger partial charge in [0.05, 0.1) is 5.69 Å². The van der Waals surface area contributed by atoms with Gasteiger partial charge >= 0.3 is 0 Å². The normalized spacial score (nSPS) is 17.4. The quantitative estimate of drug-likeness (QED) is 0.804. The monoisotopic (exact) mass is 258 g/mol. The summed E-state index contributed by atoms with van der Waals surface area (Å²) in [4.78, 5) is 3.22. The van der Waals surface area contributed by atoms with E-state index in [0.717, 1.165) is 11.2 Å². The molecule has 0 amide bonds. The first-order valence-corrected chi connectivity index (χ1v) is 7.04. The average Bonchev–Trinajstić information content (AvgIpc) is 2.73. The van der Waals surface area contributed by atoms with Crippen LogP contribution in [0, 0.1) is 4.77 Å². The molecule has 1 aliphatic rings. The third kappa shape index (κ3) is 1.65. The van der Waals surface area contributed by atoms with E-state index in [1.165, 1.54) is 30.5 Å². The molecule has 0 spiro atoms. The van der Waals surface area contributed by atoms with Crippen LogP contribution in [0.4, 0.5) is 0 Å². The van der Waals surface area contributed by atoms with Crippen LogP contribution in [0.25, 0.3) is 11.3 Å². The molecule has 1 aliphatic carbocycles. The summed E-state index contributed by atoms with van der Waals surface area (Å²) in [6.45, 7) is 2.27. The summed E-state index contributed by atoms with van der Waals surface area (Å²) >= 11 is 5.49. The first kappa shape index (κ1) is 11.7. The van der Waals surface area contributed by atoms with Crippen LogP contribution in [0.2, 0.25) is 0 Å². The van der Waals surface area contributed by atoms with Crippen molar-refractivity contribution in [1.82, 2.24) is 9.55 Å². The van der Waals surface area contributed by atoms with Crippen LogP contribution in [0.3, 0.4) is 0 Å². The van der Waals surface area contributed by atoms with Gasteiger partial charge in [-0.15, -0.1) is 0 Å². The van der Waals surface area contributed by atoms with Crippen molar-refractivity contribution in [3.63, 3.8) is 0 Å². The Hall–Kier alpha value is -1.35. The number of hydrogen-bond donors (Lipinski definition) is 1. The van der Waals surface area contributed by atoms with Crippen LogP contribution in [0.5, 0.6) is 0 Å². The summed E-state index contributed by atoms with van der Waals surface area (Å²) in [7, 11) is 0. The minimum Gasteiger partial charge on any atom is -0.337 e. The molecule has 2 nitrogen and oxygen atoms in total. The van der Waals surface area contributed by atoms with E-state index in [1.807, 2.05) is 12.3 Å². The Morgan fingerprint density at radius 1 is 1.28 bits per heavy atom. The van der Waals surface area contributed by atoms with Crippen molar-refractivity contribution in [3.05, 3.63) is 41.3 Å². The van der Waals surface area contributed by atoms with Gasteiger partial charge in [-0.3, -0.25) is 0 Å². The minimum absolute atomic E-state index is 0.252. The van der Waals surface area contributed by atoms with Crippen molar-refractivity contribution in [2.24, 2.45) is 0 Å². The topological polar surface area (TPSA) is 20.7 Å². The summed E-state index contributed by atoms with van der Waals surface area (Å²) in [5, 5.41) is 0. The van der Waals surface area contributed by atoms with Gasteiger partial charge in [-0.25, -0.2) is 0 Å². The van der Waals surface area contributed by atoms with E-state index in [9.17, 15) is 0 Å². The molecule has 3 rings (SSSR count). The zero-order chi connectivity index (χ0) is 12.6. The average molecular weight is 258 g/mol. The molecule has 1 aromatic heterocycles. The second kappa shape index (κ2) is 4.39. The van der Waals surface area contributed by atoms with Crippen molar-refractivity contribution in [3.8, 4) is 11.3 Å². The Kier molecular flexibility index (Phi) is 2.86. The Morgan fingerprint density at radius 3 is 2.56 bits per heavy atom. The predicted molar refractivity (Wildman–Crippen MR) is 77.2 cm³/mol. The lowest BCUT2D eigenvalue weighted by atomic mass is 9.74. The van der Waals surface area contributed by atoms with Gasteiger partial charge < -0.3 is 9.55 Å². The van der Waals surface area contributed by atoms with Gasteiger partial charge in [0, 0.05) is 11.7 Å². The largest absolute Gasteiger partial charge is 0.337 e. The zero-order valence-electron chi connectivity index (χ0n) is 10.6. The van der Waals surface area contributed by atoms with Gasteiger partial charge in [0.15, 0.2) is 4.77 Å². The third-order valence-electron chi connectivity index (χ3n) is 4.26.